The maximum atomic E-state index is 11.6. The molecule has 2 aromatic rings. The molecule has 0 unspecified atom stereocenters. The molecule has 1 aliphatic heterocycles. The normalized spacial score (nSPS) is 16.8. The van der Waals surface area contributed by atoms with Gasteiger partial charge in [0.05, 0.1) is 23.7 Å². The Morgan fingerprint density at radius 2 is 2.22 bits per heavy atom. The standard InChI is InChI=1S/C15H21N5O3/c1-10-16-11(5-15(23)17-10)7-19-3-2-4-20-12(8-19)6-13(18-20)14(22)9-21/h5-6,14,21-22H,2-4,7-9H2,1H3,(H,16,17,23)/t14-/m0/s1. The van der Waals surface area contributed by atoms with Gasteiger partial charge in [-0.05, 0) is 19.4 Å². The highest BCUT2D eigenvalue weighted by Gasteiger charge is 2.20. The first kappa shape index (κ1) is 15.9. The van der Waals surface area contributed by atoms with Gasteiger partial charge in [0.2, 0.25) is 0 Å². The first-order chi connectivity index (χ1) is 11.0. The summed E-state index contributed by atoms with van der Waals surface area (Å²) in [5.41, 5.74) is 2.09. The Hall–Kier alpha value is -2.03. The molecule has 3 heterocycles. The zero-order valence-corrected chi connectivity index (χ0v) is 13.1. The fourth-order valence-electron chi connectivity index (χ4n) is 2.89. The second-order valence-corrected chi connectivity index (χ2v) is 5.87. The Morgan fingerprint density at radius 1 is 1.39 bits per heavy atom. The molecule has 3 rings (SSSR count). The number of aromatic amines is 1. The van der Waals surface area contributed by atoms with Crippen molar-refractivity contribution in [2.45, 2.75) is 39.1 Å². The predicted molar refractivity (Wildman–Crippen MR) is 82.6 cm³/mol. The summed E-state index contributed by atoms with van der Waals surface area (Å²) in [5.74, 6) is 0.612. The van der Waals surface area contributed by atoms with E-state index >= 15 is 0 Å². The average Bonchev–Trinajstić information content (AvgIpc) is 2.79. The van der Waals surface area contributed by atoms with E-state index in [9.17, 15) is 9.90 Å². The van der Waals surface area contributed by atoms with E-state index in [1.54, 1.807) is 6.92 Å². The van der Waals surface area contributed by atoms with Crippen LogP contribution in [-0.4, -0.2) is 48.0 Å². The third-order valence-corrected chi connectivity index (χ3v) is 3.93. The van der Waals surface area contributed by atoms with Crippen LogP contribution in [0.1, 0.15) is 35.4 Å². The van der Waals surface area contributed by atoms with Crippen molar-refractivity contribution in [2.24, 2.45) is 0 Å². The van der Waals surface area contributed by atoms with Crippen LogP contribution in [0, 0.1) is 6.92 Å². The average molecular weight is 319 g/mol. The molecular formula is C15H21N5O3. The lowest BCUT2D eigenvalue weighted by Gasteiger charge is -2.18. The van der Waals surface area contributed by atoms with Gasteiger partial charge >= 0.3 is 0 Å². The quantitative estimate of drug-likeness (QED) is 0.715. The fraction of sp³-hybridized carbons (Fsp3) is 0.533. The fourth-order valence-corrected chi connectivity index (χ4v) is 2.89. The molecule has 1 aliphatic rings. The zero-order chi connectivity index (χ0) is 16.4. The number of hydrogen-bond donors (Lipinski definition) is 3. The number of aromatic nitrogens is 4. The Bertz CT molecular complexity index is 739. The zero-order valence-electron chi connectivity index (χ0n) is 13.1. The molecule has 3 N–H and O–H groups in total. The highest BCUT2D eigenvalue weighted by Crippen LogP contribution is 2.18. The van der Waals surface area contributed by atoms with Crippen LogP contribution in [0.2, 0.25) is 0 Å². The van der Waals surface area contributed by atoms with Crippen molar-refractivity contribution in [3.63, 3.8) is 0 Å². The summed E-state index contributed by atoms with van der Waals surface area (Å²) in [6, 6.07) is 3.35. The summed E-state index contributed by atoms with van der Waals surface area (Å²) in [6.07, 6.45) is -0.0224. The molecule has 0 saturated carbocycles. The Morgan fingerprint density at radius 3 is 2.96 bits per heavy atom. The molecule has 0 amide bonds. The smallest absolute Gasteiger partial charge is 0.251 e. The highest BCUT2D eigenvalue weighted by molar-refractivity contribution is 5.14. The minimum atomic E-state index is -0.945. The van der Waals surface area contributed by atoms with Crippen molar-refractivity contribution in [3.8, 4) is 0 Å². The van der Waals surface area contributed by atoms with Crippen LogP contribution in [0.5, 0.6) is 0 Å². The van der Waals surface area contributed by atoms with Gasteiger partial charge in [0.15, 0.2) is 0 Å². The molecule has 23 heavy (non-hydrogen) atoms. The minimum Gasteiger partial charge on any atom is -0.393 e. The first-order valence-corrected chi connectivity index (χ1v) is 7.70. The molecule has 2 aromatic heterocycles. The van der Waals surface area contributed by atoms with E-state index in [2.05, 4.69) is 20.0 Å². The molecule has 8 nitrogen and oxygen atoms in total. The van der Waals surface area contributed by atoms with Crippen LogP contribution >= 0.6 is 0 Å². The molecular weight excluding hydrogens is 298 g/mol. The van der Waals surface area contributed by atoms with Crippen LogP contribution in [0.4, 0.5) is 0 Å². The molecule has 0 saturated heterocycles. The van der Waals surface area contributed by atoms with Gasteiger partial charge in [0.1, 0.15) is 11.9 Å². The molecule has 1 atom stereocenters. The second-order valence-electron chi connectivity index (χ2n) is 5.87. The predicted octanol–water partition coefficient (Wildman–Crippen LogP) is -0.294. The number of nitrogens with one attached hydrogen (secondary N) is 1. The number of fused-ring (bicyclic) bond motifs is 1. The van der Waals surface area contributed by atoms with Crippen LogP contribution in [0.3, 0.4) is 0 Å². The topological polar surface area (TPSA) is 107 Å². The maximum absolute atomic E-state index is 11.6. The van der Waals surface area contributed by atoms with Gasteiger partial charge < -0.3 is 15.2 Å². The molecule has 0 bridgehead atoms. The molecule has 124 valence electrons. The monoisotopic (exact) mass is 319 g/mol. The molecule has 0 spiro atoms. The van der Waals surface area contributed by atoms with Gasteiger partial charge in [-0.3, -0.25) is 14.4 Å². The minimum absolute atomic E-state index is 0.138. The highest BCUT2D eigenvalue weighted by atomic mass is 16.3. The van der Waals surface area contributed by atoms with Crippen molar-refractivity contribution in [1.82, 2.24) is 24.6 Å². The van der Waals surface area contributed by atoms with E-state index in [0.717, 1.165) is 30.9 Å². The molecule has 0 aliphatic carbocycles. The molecule has 0 aromatic carbocycles. The van der Waals surface area contributed by atoms with Crippen molar-refractivity contribution in [3.05, 3.63) is 45.4 Å². The number of nitrogens with zero attached hydrogens (tertiary/aromatic N) is 4. The Balaban J connectivity index is 1.77. The molecule has 0 fully saturated rings. The van der Waals surface area contributed by atoms with Crippen LogP contribution in [0.15, 0.2) is 16.9 Å². The third-order valence-electron chi connectivity index (χ3n) is 3.93. The largest absolute Gasteiger partial charge is 0.393 e. The molecule has 0 radical (unpaired) electrons. The number of rotatable bonds is 4. The van der Waals surface area contributed by atoms with Gasteiger partial charge in [0, 0.05) is 32.2 Å². The Labute approximate surface area is 133 Å². The number of aliphatic hydroxyl groups is 2. The van der Waals surface area contributed by atoms with E-state index in [0.29, 0.717) is 24.6 Å². The number of H-pyrrole nitrogens is 1. The van der Waals surface area contributed by atoms with E-state index in [1.807, 2.05) is 10.7 Å². The van der Waals surface area contributed by atoms with Crippen molar-refractivity contribution in [2.75, 3.05) is 13.2 Å². The third kappa shape index (κ3) is 3.66. The second kappa shape index (κ2) is 6.61. The van der Waals surface area contributed by atoms with Crippen molar-refractivity contribution < 1.29 is 10.2 Å². The maximum Gasteiger partial charge on any atom is 0.251 e. The van der Waals surface area contributed by atoms with E-state index < -0.39 is 6.10 Å². The lowest BCUT2D eigenvalue weighted by molar-refractivity contribution is 0.0916. The number of aliphatic hydroxyl groups excluding tert-OH is 2. The number of hydrogen-bond acceptors (Lipinski definition) is 6. The van der Waals surface area contributed by atoms with Gasteiger partial charge in [-0.25, -0.2) is 4.98 Å². The lowest BCUT2D eigenvalue weighted by atomic mass is 10.2. The summed E-state index contributed by atoms with van der Waals surface area (Å²) < 4.78 is 1.88. The molecule has 8 heteroatoms. The van der Waals surface area contributed by atoms with Crippen LogP contribution in [-0.2, 0) is 19.6 Å². The van der Waals surface area contributed by atoms with Crippen LogP contribution in [0.25, 0.3) is 0 Å². The van der Waals surface area contributed by atoms with Crippen molar-refractivity contribution >= 4 is 0 Å². The van der Waals surface area contributed by atoms with E-state index in [1.165, 1.54) is 6.07 Å². The van der Waals surface area contributed by atoms with Gasteiger partial charge in [-0.1, -0.05) is 0 Å². The van der Waals surface area contributed by atoms with E-state index in [-0.39, 0.29) is 12.2 Å². The van der Waals surface area contributed by atoms with E-state index in [4.69, 9.17) is 5.11 Å². The first-order valence-electron chi connectivity index (χ1n) is 7.70. The summed E-state index contributed by atoms with van der Waals surface area (Å²) in [4.78, 5) is 20.8. The summed E-state index contributed by atoms with van der Waals surface area (Å²) >= 11 is 0. The van der Waals surface area contributed by atoms with Gasteiger partial charge in [-0.15, -0.1) is 0 Å². The lowest BCUT2D eigenvalue weighted by Crippen LogP contribution is -2.25. The Kier molecular flexibility index (Phi) is 4.56. The van der Waals surface area contributed by atoms with Crippen LogP contribution < -0.4 is 5.56 Å². The summed E-state index contributed by atoms with van der Waals surface area (Å²) in [5, 5.41) is 23.1. The SMILES string of the molecule is Cc1nc(CN2CCCn3nc([C@@H](O)CO)cc3C2)cc(=O)[nH]1. The van der Waals surface area contributed by atoms with Crippen molar-refractivity contribution in [1.29, 1.82) is 0 Å². The summed E-state index contributed by atoms with van der Waals surface area (Å²) in [7, 11) is 0. The van der Waals surface area contributed by atoms with Gasteiger partial charge in [-0.2, -0.15) is 5.10 Å². The summed E-state index contributed by atoms with van der Waals surface area (Å²) in [6.45, 7) is 4.34. The number of aryl methyl sites for hydroxylation is 2. The van der Waals surface area contributed by atoms with Gasteiger partial charge in [0.25, 0.3) is 5.56 Å².